The number of amides is 1. The maximum atomic E-state index is 11.4. The summed E-state index contributed by atoms with van der Waals surface area (Å²) in [7, 11) is 0. The molecule has 290 valence electrons. The Morgan fingerprint density at radius 3 is 1.87 bits per heavy atom. The molecular weight excluding hydrogens is 651 g/mol. The summed E-state index contributed by atoms with van der Waals surface area (Å²) >= 11 is 0. The molecule has 1 aromatic carbocycles. The lowest BCUT2D eigenvalue weighted by atomic mass is 9.33. The molecule has 0 bridgehead atoms. The summed E-state index contributed by atoms with van der Waals surface area (Å²) in [5, 5.41) is 9.36. The van der Waals surface area contributed by atoms with E-state index in [2.05, 4.69) is 92.7 Å². The lowest BCUT2D eigenvalue weighted by molar-refractivity contribution is -0.221. The van der Waals surface area contributed by atoms with Crippen LogP contribution in [0.25, 0.3) is 5.57 Å². The number of rotatable bonds is 3. The van der Waals surface area contributed by atoms with E-state index in [4.69, 9.17) is 0 Å². The Bertz CT molecular complexity index is 1440. The summed E-state index contributed by atoms with van der Waals surface area (Å²) in [5.41, 5.74) is 5.00. The minimum atomic E-state index is -0.845. The second-order valence-corrected chi connectivity index (χ2v) is 17.9. The van der Waals surface area contributed by atoms with E-state index in [1.807, 2.05) is 24.0 Å². The maximum Gasteiger partial charge on any atom is 0.335 e. The molecule has 3 unspecified atom stereocenters. The quantitative estimate of drug-likeness (QED) is 0.192. The lowest BCUT2D eigenvalue weighted by Crippen LogP contribution is -2.64. The van der Waals surface area contributed by atoms with Gasteiger partial charge in [0.25, 0.3) is 0 Å². The Morgan fingerprint density at radius 2 is 1.34 bits per heavy atom. The van der Waals surface area contributed by atoms with Crippen LogP contribution in [0.1, 0.15) is 148 Å². The Morgan fingerprint density at radius 1 is 0.755 bits per heavy atom. The van der Waals surface area contributed by atoms with Gasteiger partial charge in [-0.3, -0.25) is 4.79 Å². The number of piperidine rings is 1. The van der Waals surface area contributed by atoms with Crippen molar-refractivity contribution in [3.8, 4) is 38.5 Å². The third kappa shape index (κ3) is 8.52. The van der Waals surface area contributed by atoms with Crippen molar-refractivity contribution in [3.05, 3.63) is 54.1 Å². The normalized spacial score (nSPS) is 35.5. The van der Waals surface area contributed by atoms with Gasteiger partial charge in [0, 0.05) is 13.1 Å². The van der Waals surface area contributed by atoms with Gasteiger partial charge in [-0.1, -0.05) is 72.2 Å². The molecule has 5 fully saturated rings. The topological polar surface area (TPSA) is 57.6 Å². The van der Waals surface area contributed by atoms with Gasteiger partial charge in [0.15, 0.2) is 0 Å². The van der Waals surface area contributed by atoms with Crippen molar-refractivity contribution in [2.45, 2.75) is 132 Å². The molecule has 1 amide bonds. The number of allylic oxidation sites excluding steroid dienone is 3. The number of terminal acetylenes is 3. The second-order valence-electron chi connectivity index (χ2n) is 17.9. The third-order valence-corrected chi connectivity index (χ3v) is 15.4. The summed E-state index contributed by atoms with van der Waals surface area (Å²) in [5.74, 6) is 2.51. The van der Waals surface area contributed by atoms with E-state index in [1.165, 1.54) is 94.6 Å². The number of carboxylic acids is 1. The van der Waals surface area contributed by atoms with Gasteiger partial charge in [-0.05, 0) is 158 Å². The number of aromatic carboxylic acids is 1. The fourth-order valence-electron chi connectivity index (χ4n) is 12.8. The van der Waals surface area contributed by atoms with Crippen LogP contribution in [-0.2, 0) is 4.79 Å². The first-order valence-corrected chi connectivity index (χ1v) is 20.0. The fraction of sp³-hybridized carbons (Fsp3) is 0.633. The molecule has 4 saturated carbocycles. The van der Waals surface area contributed by atoms with E-state index in [0.717, 1.165) is 37.3 Å². The monoisotopic (exact) mass is 722 g/mol. The van der Waals surface area contributed by atoms with Crippen molar-refractivity contribution >= 4 is 18.0 Å². The van der Waals surface area contributed by atoms with Crippen LogP contribution in [0.15, 0.2) is 43.0 Å². The zero-order valence-corrected chi connectivity index (χ0v) is 34.3. The van der Waals surface area contributed by atoms with E-state index in [1.54, 1.807) is 18.2 Å². The van der Waals surface area contributed by atoms with Crippen molar-refractivity contribution in [2.24, 2.45) is 50.7 Å². The number of hydrogen-bond donors (Lipinski definition) is 1. The maximum absolute atomic E-state index is 11.4. The summed E-state index contributed by atoms with van der Waals surface area (Å²) < 4.78 is 0. The number of carboxylic acid groups (broad SMARTS) is 1. The van der Waals surface area contributed by atoms with Gasteiger partial charge in [0.1, 0.15) is 0 Å². The van der Waals surface area contributed by atoms with Crippen LogP contribution >= 0.6 is 0 Å². The molecule has 1 heterocycles. The van der Waals surface area contributed by atoms with Crippen LogP contribution < -0.4 is 0 Å². The minimum Gasteiger partial charge on any atom is -0.478 e. The lowest BCUT2D eigenvalue weighted by Gasteiger charge is -2.72. The van der Waals surface area contributed by atoms with E-state index in [9.17, 15) is 14.7 Å². The first-order chi connectivity index (χ1) is 25.2. The Hall–Kier alpha value is -3.68. The summed E-state index contributed by atoms with van der Waals surface area (Å²) in [6.07, 6.45) is 47.0. The molecule has 1 aromatic rings. The molecule has 0 radical (unpaired) electrons. The summed E-state index contributed by atoms with van der Waals surface area (Å²) in [4.78, 5) is 23.3. The van der Waals surface area contributed by atoms with E-state index >= 15 is 0 Å². The Labute approximate surface area is 325 Å². The first-order valence-electron chi connectivity index (χ1n) is 20.0. The number of benzene rings is 1. The van der Waals surface area contributed by atoms with Gasteiger partial charge in [-0.2, -0.15) is 0 Å². The van der Waals surface area contributed by atoms with Crippen LogP contribution in [-0.4, -0.2) is 35.5 Å². The zero-order valence-electron chi connectivity index (χ0n) is 34.3. The number of hydrogen-bond acceptors (Lipinski definition) is 2. The Kier molecular flexibility index (Phi) is 16.4. The SMILES string of the molecule is C#C.C#C.C#C.C=CC.CC1(C)C(c2ccc(C(=O)O)cc2)=CC[C@@]2(C)C1CC[C@]1(C)C2CC[C@@H]2C3CCC[C@]3(C)CC[C@]21C.O=CN1CCCCC1. The molecule has 53 heavy (non-hydrogen) atoms. The van der Waals surface area contributed by atoms with Crippen LogP contribution in [0.2, 0.25) is 0 Å². The van der Waals surface area contributed by atoms with Gasteiger partial charge < -0.3 is 10.0 Å². The number of carbonyl (C=O) groups is 2. The summed E-state index contributed by atoms with van der Waals surface area (Å²) in [6.45, 7) is 22.9. The van der Waals surface area contributed by atoms with Gasteiger partial charge in [0.2, 0.25) is 6.41 Å². The highest BCUT2D eigenvalue weighted by atomic mass is 16.4. The van der Waals surface area contributed by atoms with Crippen molar-refractivity contribution in [1.29, 1.82) is 0 Å². The average Bonchev–Trinajstić information content (AvgIpc) is 3.57. The van der Waals surface area contributed by atoms with Crippen LogP contribution in [0.5, 0.6) is 0 Å². The highest BCUT2D eigenvalue weighted by Crippen LogP contribution is 2.77. The predicted molar refractivity (Wildman–Crippen MR) is 225 cm³/mol. The van der Waals surface area contributed by atoms with Crippen LogP contribution in [0, 0.1) is 89.3 Å². The van der Waals surface area contributed by atoms with E-state index in [-0.39, 0.29) is 5.41 Å². The standard InChI is InChI=1S/C34H48O2.C6H11NO.C3H6.3C2H2/c1-30(2)24(22-9-11-23(12-10-22)29(35)36)15-18-32(4)27(30)16-19-34(6)28(32)14-13-26-25-8-7-17-31(25,3)20-21-33(26,34)5;8-6-7-4-2-1-3-5-7;1-3-2;3*1-2/h9-12,15,25-28H,7-8,13-14,16-21H2,1-6H3,(H,35,36);6H,1-5H2;3H,1H2,2H3;3*1-2H/t25?,26-,27?,28?,31-,32+,33-,34-;;;;;/m1...../s1. The highest BCUT2D eigenvalue weighted by Gasteiger charge is 2.68. The Balaban J connectivity index is 0.000000484. The molecule has 8 atom stereocenters. The van der Waals surface area contributed by atoms with Gasteiger partial charge in [0.05, 0.1) is 5.56 Å². The predicted octanol–water partition coefficient (Wildman–Crippen LogP) is 11.8. The van der Waals surface area contributed by atoms with E-state index < -0.39 is 5.97 Å². The van der Waals surface area contributed by atoms with Crippen LogP contribution in [0.3, 0.4) is 0 Å². The van der Waals surface area contributed by atoms with Crippen molar-refractivity contribution in [3.63, 3.8) is 0 Å². The molecule has 4 nitrogen and oxygen atoms in total. The number of nitrogens with zero attached hydrogens (tertiary/aromatic N) is 1. The zero-order chi connectivity index (χ0) is 40.3. The number of fused-ring (bicyclic) bond motifs is 7. The van der Waals surface area contributed by atoms with Gasteiger partial charge in [-0.25, -0.2) is 4.79 Å². The molecular formula is C49H71NO3. The van der Waals surface area contributed by atoms with Crippen molar-refractivity contribution in [1.82, 2.24) is 4.90 Å². The average molecular weight is 722 g/mol. The molecule has 6 aliphatic rings. The van der Waals surface area contributed by atoms with Crippen molar-refractivity contribution in [2.75, 3.05) is 13.1 Å². The van der Waals surface area contributed by atoms with E-state index in [0.29, 0.717) is 33.1 Å². The van der Waals surface area contributed by atoms with Gasteiger partial charge in [-0.15, -0.1) is 45.1 Å². The smallest absolute Gasteiger partial charge is 0.335 e. The van der Waals surface area contributed by atoms with Crippen molar-refractivity contribution < 1.29 is 14.7 Å². The number of carbonyl (C=O) groups excluding carboxylic acids is 1. The first kappa shape index (κ1) is 45.5. The largest absolute Gasteiger partial charge is 0.478 e. The number of likely N-dealkylation sites (tertiary alicyclic amines) is 1. The molecule has 1 aliphatic heterocycles. The molecule has 7 rings (SSSR count). The molecule has 1 N–H and O–H groups in total. The summed E-state index contributed by atoms with van der Waals surface area (Å²) in [6, 6.07) is 7.64. The molecule has 0 aromatic heterocycles. The molecule has 5 aliphatic carbocycles. The third-order valence-electron chi connectivity index (χ3n) is 15.4. The van der Waals surface area contributed by atoms with Crippen LogP contribution in [0.4, 0.5) is 0 Å². The minimum absolute atomic E-state index is 0.0907. The highest BCUT2D eigenvalue weighted by molar-refractivity contribution is 5.88. The van der Waals surface area contributed by atoms with Gasteiger partial charge >= 0.3 is 5.97 Å². The molecule has 4 heteroatoms. The molecule has 1 saturated heterocycles. The molecule has 0 spiro atoms. The second kappa shape index (κ2) is 19.1. The fourth-order valence-corrected chi connectivity index (χ4v) is 12.8.